The summed E-state index contributed by atoms with van der Waals surface area (Å²) < 4.78 is 1.85. The summed E-state index contributed by atoms with van der Waals surface area (Å²) in [4.78, 5) is 14.5. The lowest BCUT2D eigenvalue weighted by atomic mass is 10.2. The van der Waals surface area contributed by atoms with Crippen LogP contribution in [0, 0.1) is 0 Å². The number of halogens is 2. The molecule has 2 heterocycles. The summed E-state index contributed by atoms with van der Waals surface area (Å²) in [7, 11) is 0. The first-order valence-corrected chi connectivity index (χ1v) is 9.09. The molecule has 1 atom stereocenters. The minimum Gasteiger partial charge on any atom is -0.336 e. The maximum Gasteiger partial charge on any atom is 0.253 e. The summed E-state index contributed by atoms with van der Waals surface area (Å²) in [5.41, 5.74) is 2.41. The Morgan fingerprint density at radius 2 is 1.88 bits per heavy atom. The van der Waals surface area contributed by atoms with Crippen molar-refractivity contribution in [3.05, 3.63) is 70.3 Å². The van der Waals surface area contributed by atoms with E-state index in [0.717, 1.165) is 17.7 Å². The zero-order valence-electron chi connectivity index (χ0n) is 13.8. The molecule has 132 valence electrons. The molecule has 4 rings (SSSR count). The van der Waals surface area contributed by atoms with E-state index >= 15 is 0 Å². The van der Waals surface area contributed by atoms with E-state index in [-0.39, 0.29) is 11.9 Å². The molecule has 26 heavy (non-hydrogen) atoms. The van der Waals surface area contributed by atoms with Crippen molar-refractivity contribution in [2.45, 2.75) is 12.5 Å². The second-order valence-electron chi connectivity index (χ2n) is 6.27. The Hall–Kier alpha value is -2.37. The predicted octanol–water partition coefficient (Wildman–Crippen LogP) is 4.34. The smallest absolute Gasteiger partial charge is 0.253 e. The molecule has 3 aromatic rings. The van der Waals surface area contributed by atoms with Crippen LogP contribution in [0.4, 0.5) is 0 Å². The maximum absolute atomic E-state index is 12.7. The summed E-state index contributed by atoms with van der Waals surface area (Å²) in [6, 6.07) is 15.0. The molecule has 0 spiro atoms. The first-order chi connectivity index (χ1) is 12.6. The van der Waals surface area contributed by atoms with Crippen molar-refractivity contribution in [3.63, 3.8) is 0 Å². The van der Waals surface area contributed by atoms with Crippen molar-refractivity contribution in [1.82, 2.24) is 19.9 Å². The van der Waals surface area contributed by atoms with Crippen molar-refractivity contribution < 1.29 is 4.79 Å². The van der Waals surface area contributed by atoms with E-state index in [4.69, 9.17) is 23.2 Å². The molecule has 1 aliphatic heterocycles. The number of hydrogen-bond acceptors (Lipinski definition) is 3. The number of hydrogen-bond donors (Lipinski definition) is 0. The van der Waals surface area contributed by atoms with Crippen molar-refractivity contribution in [3.8, 4) is 11.3 Å². The van der Waals surface area contributed by atoms with Gasteiger partial charge in [0.25, 0.3) is 5.91 Å². The van der Waals surface area contributed by atoms with E-state index in [0.29, 0.717) is 28.7 Å². The summed E-state index contributed by atoms with van der Waals surface area (Å²) in [5.74, 6) is -0.0468. The van der Waals surface area contributed by atoms with Gasteiger partial charge in [0.1, 0.15) is 5.69 Å². The van der Waals surface area contributed by atoms with Crippen molar-refractivity contribution in [2.75, 3.05) is 13.1 Å². The molecule has 0 radical (unpaired) electrons. The minimum atomic E-state index is -0.0468. The van der Waals surface area contributed by atoms with Gasteiger partial charge in [-0.05, 0) is 24.6 Å². The molecule has 0 aliphatic carbocycles. The standard InChI is InChI=1S/C19H16Cl2N4O/c20-16-7-6-14(10-17(16)21)19(26)24-9-8-15(11-24)25-12-18(22-23-25)13-4-2-1-3-5-13/h1-7,10,12,15H,8-9,11H2. The highest BCUT2D eigenvalue weighted by molar-refractivity contribution is 6.42. The summed E-state index contributed by atoms with van der Waals surface area (Å²) >= 11 is 12.0. The largest absolute Gasteiger partial charge is 0.336 e. The number of carbonyl (C=O) groups excluding carboxylic acids is 1. The van der Waals surface area contributed by atoms with Crippen molar-refractivity contribution in [1.29, 1.82) is 0 Å². The lowest BCUT2D eigenvalue weighted by Gasteiger charge is -2.16. The number of nitrogens with zero attached hydrogens (tertiary/aromatic N) is 4. The Bertz CT molecular complexity index is 942. The van der Waals surface area contributed by atoms with Crippen LogP contribution in [0.25, 0.3) is 11.3 Å². The van der Waals surface area contributed by atoms with Gasteiger partial charge < -0.3 is 4.90 Å². The van der Waals surface area contributed by atoms with Crippen LogP contribution >= 0.6 is 23.2 Å². The molecule has 1 saturated heterocycles. The number of benzene rings is 2. The molecular formula is C19H16Cl2N4O. The fraction of sp³-hybridized carbons (Fsp3) is 0.211. The molecule has 1 amide bonds. The second-order valence-corrected chi connectivity index (χ2v) is 7.09. The Morgan fingerprint density at radius 3 is 2.65 bits per heavy atom. The van der Waals surface area contributed by atoms with E-state index in [9.17, 15) is 4.79 Å². The van der Waals surface area contributed by atoms with Gasteiger partial charge >= 0.3 is 0 Å². The van der Waals surface area contributed by atoms with Crippen molar-refractivity contribution >= 4 is 29.1 Å². The van der Waals surface area contributed by atoms with Crippen LogP contribution in [0.1, 0.15) is 22.8 Å². The number of carbonyl (C=O) groups is 1. The van der Waals surface area contributed by atoms with Gasteiger partial charge in [-0.1, -0.05) is 58.7 Å². The summed E-state index contributed by atoms with van der Waals surface area (Å²) in [5, 5.41) is 9.34. The predicted molar refractivity (Wildman–Crippen MR) is 101 cm³/mol. The van der Waals surface area contributed by atoms with Crippen LogP contribution in [-0.2, 0) is 0 Å². The van der Waals surface area contributed by atoms with Crippen LogP contribution in [0.2, 0.25) is 10.0 Å². The first kappa shape index (κ1) is 17.1. The average molecular weight is 387 g/mol. The van der Waals surface area contributed by atoms with Gasteiger partial charge in [0, 0.05) is 24.2 Å². The second kappa shape index (κ2) is 7.09. The summed E-state index contributed by atoms with van der Waals surface area (Å²) in [6.07, 6.45) is 2.78. The third-order valence-corrected chi connectivity index (χ3v) is 5.31. The number of amides is 1. The van der Waals surface area contributed by atoms with Crippen LogP contribution in [0.15, 0.2) is 54.7 Å². The van der Waals surface area contributed by atoms with E-state index in [1.165, 1.54) is 0 Å². The molecule has 5 nitrogen and oxygen atoms in total. The van der Waals surface area contributed by atoms with Gasteiger partial charge in [0.05, 0.1) is 22.3 Å². The van der Waals surface area contributed by atoms with E-state index in [1.54, 1.807) is 18.2 Å². The van der Waals surface area contributed by atoms with Gasteiger partial charge in [0.2, 0.25) is 0 Å². The molecule has 2 aromatic carbocycles. The quantitative estimate of drug-likeness (QED) is 0.672. The van der Waals surface area contributed by atoms with Gasteiger partial charge in [0.15, 0.2) is 0 Å². The molecule has 1 aromatic heterocycles. The Balaban J connectivity index is 1.48. The third-order valence-electron chi connectivity index (χ3n) is 4.57. The molecule has 1 unspecified atom stereocenters. The third kappa shape index (κ3) is 3.32. The molecule has 7 heteroatoms. The summed E-state index contributed by atoms with van der Waals surface area (Å²) in [6.45, 7) is 1.26. The topological polar surface area (TPSA) is 51.0 Å². The van der Waals surface area contributed by atoms with Crippen molar-refractivity contribution in [2.24, 2.45) is 0 Å². The molecule has 0 N–H and O–H groups in total. The number of likely N-dealkylation sites (tertiary alicyclic amines) is 1. The van der Waals surface area contributed by atoms with Gasteiger partial charge in [-0.3, -0.25) is 4.79 Å². The zero-order valence-corrected chi connectivity index (χ0v) is 15.4. The first-order valence-electron chi connectivity index (χ1n) is 8.33. The van der Waals surface area contributed by atoms with Crippen LogP contribution < -0.4 is 0 Å². The average Bonchev–Trinajstić information content (AvgIpc) is 3.33. The zero-order chi connectivity index (χ0) is 18.1. The minimum absolute atomic E-state index is 0.0468. The highest BCUT2D eigenvalue weighted by atomic mass is 35.5. The van der Waals surface area contributed by atoms with Crippen LogP contribution in [0.3, 0.4) is 0 Å². The van der Waals surface area contributed by atoms with Gasteiger partial charge in [-0.15, -0.1) is 5.10 Å². The Kier molecular flexibility index (Phi) is 4.66. The fourth-order valence-electron chi connectivity index (χ4n) is 3.15. The van der Waals surface area contributed by atoms with Gasteiger partial charge in [-0.2, -0.15) is 0 Å². The van der Waals surface area contributed by atoms with Gasteiger partial charge in [-0.25, -0.2) is 4.68 Å². The molecule has 1 fully saturated rings. The Labute approximate surface area is 161 Å². The fourth-order valence-corrected chi connectivity index (χ4v) is 3.45. The number of rotatable bonds is 3. The number of aromatic nitrogens is 3. The normalized spacial score (nSPS) is 16.8. The SMILES string of the molecule is O=C(c1ccc(Cl)c(Cl)c1)N1CCC(n2cc(-c3ccccc3)nn2)C1. The maximum atomic E-state index is 12.7. The Morgan fingerprint density at radius 1 is 1.08 bits per heavy atom. The van der Waals surface area contributed by atoms with E-state index in [2.05, 4.69) is 10.3 Å². The monoisotopic (exact) mass is 386 g/mol. The molecule has 0 saturated carbocycles. The molecular weight excluding hydrogens is 371 g/mol. The highest BCUT2D eigenvalue weighted by Crippen LogP contribution is 2.27. The lowest BCUT2D eigenvalue weighted by molar-refractivity contribution is 0.0787. The van der Waals surface area contributed by atoms with E-state index in [1.807, 2.05) is 46.1 Å². The lowest BCUT2D eigenvalue weighted by Crippen LogP contribution is -2.29. The molecule has 0 bridgehead atoms. The highest BCUT2D eigenvalue weighted by Gasteiger charge is 2.29. The van der Waals surface area contributed by atoms with E-state index < -0.39 is 0 Å². The van der Waals surface area contributed by atoms with Crippen LogP contribution in [0.5, 0.6) is 0 Å². The molecule has 1 aliphatic rings. The van der Waals surface area contributed by atoms with Crippen LogP contribution in [-0.4, -0.2) is 38.9 Å².